The summed E-state index contributed by atoms with van der Waals surface area (Å²) in [5.41, 5.74) is 2.45. The maximum Gasteiger partial charge on any atom is 0.139 e. The number of fused-ring (bicyclic) bond motifs is 1. The Kier molecular flexibility index (Phi) is 3.69. The van der Waals surface area contributed by atoms with Crippen molar-refractivity contribution < 1.29 is 0 Å². The molecule has 2 aromatic heterocycles. The molecule has 0 aromatic carbocycles. The lowest BCUT2D eigenvalue weighted by Crippen LogP contribution is -1.85. The molecule has 0 unspecified atom stereocenters. The van der Waals surface area contributed by atoms with Crippen LogP contribution in [0.4, 0.5) is 0 Å². The molecule has 0 bridgehead atoms. The van der Waals surface area contributed by atoms with Gasteiger partial charge in [-0.05, 0) is 24.1 Å². The number of hydrogen-bond donors (Lipinski definition) is 0. The van der Waals surface area contributed by atoms with E-state index in [1.54, 1.807) is 0 Å². The second-order valence-corrected chi connectivity index (χ2v) is 2.99. The van der Waals surface area contributed by atoms with Gasteiger partial charge < -0.3 is 4.57 Å². The van der Waals surface area contributed by atoms with Crippen LogP contribution in [0.2, 0.25) is 0 Å². The minimum atomic E-state index is 1.07. The smallest absolute Gasteiger partial charge is 0.139 e. The minimum absolute atomic E-state index is 1.07. The van der Waals surface area contributed by atoms with Gasteiger partial charge in [0.2, 0.25) is 0 Å². The largest absolute Gasteiger partial charge is 0.335 e. The first-order valence-corrected chi connectivity index (χ1v) is 5.22. The van der Waals surface area contributed by atoms with Crippen LogP contribution in [0.3, 0.4) is 0 Å². The molecule has 0 N–H and O–H groups in total. The number of nitrogens with zero attached hydrogens (tertiary/aromatic N) is 2. The molecular formula is C12H18N2. The van der Waals surface area contributed by atoms with Gasteiger partial charge in [-0.3, -0.25) is 0 Å². The summed E-state index contributed by atoms with van der Waals surface area (Å²) in [6.07, 6.45) is 5.06. The summed E-state index contributed by atoms with van der Waals surface area (Å²) in [5.74, 6) is 0. The summed E-state index contributed by atoms with van der Waals surface area (Å²) in [7, 11) is 2.04. The van der Waals surface area contributed by atoms with Crippen molar-refractivity contribution in [2.75, 3.05) is 0 Å². The molecule has 0 spiro atoms. The van der Waals surface area contributed by atoms with E-state index in [1.165, 1.54) is 10.9 Å². The third-order valence-corrected chi connectivity index (χ3v) is 2.20. The van der Waals surface area contributed by atoms with Crippen molar-refractivity contribution in [3.05, 3.63) is 30.1 Å². The van der Waals surface area contributed by atoms with Crippen LogP contribution >= 0.6 is 0 Å². The highest BCUT2D eigenvalue weighted by atomic mass is 15.0. The Hall–Kier alpha value is -1.31. The van der Waals surface area contributed by atoms with E-state index in [4.69, 9.17) is 0 Å². The third-order valence-electron chi connectivity index (χ3n) is 2.20. The Balaban J connectivity index is 0.000000461. The standard InChI is InChI=1S/C10H12N2.C2H6/c1-3-8-7-12(2)10-9(8)5-4-6-11-10;1-2/h4-7H,3H2,1-2H3;1-2H3. The van der Waals surface area contributed by atoms with Gasteiger partial charge in [0.1, 0.15) is 5.65 Å². The zero-order chi connectivity index (χ0) is 10.6. The molecule has 0 fully saturated rings. The maximum absolute atomic E-state index is 4.31. The Morgan fingerprint density at radius 3 is 2.71 bits per heavy atom. The van der Waals surface area contributed by atoms with Crippen molar-refractivity contribution in [1.29, 1.82) is 0 Å². The molecule has 2 aromatic rings. The second kappa shape index (κ2) is 4.80. The average molecular weight is 190 g/mol. The number of hydrogen-bond acceptors (Lipinski definition) is 1. The molecule has 0 radical (unpaired) electrons. The molecule has 14 heavy (non-hydrogen) atoms. The maximum atomic E-state index is 4.31. The fourth-order valence-electron chi connectivity index (χ4n) is 1.57. The predicted octanol–water partition coefficient (Wildman–Crippen LogP) is 3.16. The first-order valence-electron chi connectivity index (χ1n) is 5.22. The molecule has 0 amide bonds. The van der Waals surface area contributed by atoms with Crippen molar-refractivity contribution >= 4 is 11.0 Å². The first kappa shape index (κ1) is 10.8. The van der Waals surface area contributed by atoms with Crippen LogP contribution in [-0.2, 0) is 13.5 Å². The van der Waals surface area contributed by atoms with Gasteiger partial charge in [-0.2, -0.15) is 0 Å². The van der Waals surface area contributed by atoms with E-state index >= 15 is 0 Å². The van der Waals surface area contributed by atoms with Crippen LogP contribution < -0.4 is 0 Å². The van der Waals surface area contributed by atoms with E-state index in [-0.39, 0.29) is 0 Å². The van der Waals surface area contributed by atoms with Crippen LogP contribution in [0, 0.1) is 0 Å². The van der Waals surface area contributed by atoms with Gasteiger partial charge in [0.05, 0.1) is 0 Å². The van der Waals surface area contributed by atoms with Crippen LogP contribution in [0.15, 0.2) is 24.5 Å². The van der Waals surface area contributed by atoms with Crippen LogP contribution in [0.1, 0.15) is 26.3 Å². The molecule has 2 nitrogen and oxygen atoms in total. The van der Waals surface area contributed by atoms with Gasteiger partial charge in [-0.25, -0.2) is 4.98 Å². The highest BCUT2D eigenvalue weighted by Crippen LogP contribution is 2.17. The van der Waals surface area contributed by atoms with Crippen LogP contribution in [0.25, 0.3) is 11.0 Å². The molecule has 2 heterocycles. The van der Waals surface area contributed by atoms with Gasteiger partial charge in [-0.15, -0.1) is 0 Å². The molecule has 0 saturated heterocycles. The molecule has 0 aliphatic heterocycles. The summed E-state index contributed by atoms with van der Waals surface area (Å²) in [4.78, 5) is 4.31. The monoisotopic (exact) mass is 190 g/mol. The van der Waals surface area contributed by atoms with Crippen molar-refractivity contribution in [2.45, 2.75) is 27.2 Å². The Morgan fingerprint density at radius 1 is 1.36 bits per heavy atom. The Labute approximate surface area is 85.6 Å². The molecule has 0 saturated carbocycles. The van der Waals surface area contributed by atoms with E-state index in [0.29, 0.717) is 0 Å². The zero-order valence-corrected chi connectivity index (χ0v) is 9.41. The summed E-state index contributed by atoms with van der Waals surface area (Å²) < 4.78 is 2.08. The molecule has 0 aliphatic carbocycles. The van der Waals surface area contributed by atoms with Crippen LogP contribution in [-0.4, -0.2) is 9.55 Å². The van der Waals surface area contributed by atoms with E-state index in [0.717, 1.165) is 12.1 Å². The number of aryl methyl sites for hydroxylation is 2. The highest BCUT2D eigenvalue weighted by Gasteiger charge is 2.03. The summed E-state index contributed by atoms with van der Waals surface area (Å²) in [6.45, 7) is 6.17. The van der Waals surface area contributed by atoms with E-state index < -0.39 is 0 Å². The van der Waals surface area contributed by atoms with Crippen LogP contribution in [0.5, 0.6) is 0 Å². The number of rotatable bonds is 1. The summed E-state index contributed by atoms with van der Waals surface area (Å²) >= 11 is 0. The number of aromatic nitrogens is 2. The predicted molar refractivity (Wildman–Crippen MR) is 61.4 cm³/mol. The van der Waals surface area contributed by atoms with Gasteiger partial charge in [0.15, 0.2) is 0 Å². The molecular weight excluding hydrogens is 172 g/mol. The van der Waals surface area contributed by atoms with Gasteiger partial charge in [-0.1, -0.05) is 20.8 Å². The van der Waals surface area contributed by atoms with E-state index in [1.807, 2.05) is 33.2 Å². The molecule has 2 heteroatoms. The molecule has 0 atom stereocenters. The fourth-order valence-corrected chi connectivity index (χ4v) is 1.57. The van der Waals surface area contributed by atoms with Crippen molar-refractivity contribution in [3.8, 4) is 0 Å². The van der Waals surface area contributed by atoms with Crippen molar-refractivity contribution in [1.82, 2.24) is 9.55 Å². The lowest BCUT2D eigenvalue weighted by molar-refractivity contribution is 0.937. The lowest BCUT2D eigenvalue weighted by atomic mass is 10.2. The van der Waals surface area contributed by atoms with Gasteiger partial charge >= 0.3 is 0 Å². The normalized spacial score (nSPS) is 9.71. The van der Waals surface area contributed by atoms with E-state index in [9.17, 15) is 0 Å². The van der Waals surface area contributed by atoms with Crippen molar-refractivity contribution in [3.63, 3.8) is 0 Å². The summed E-state index contributed by atoms with van der Waals surface area (Å²) in [5, 5.41) is 1.28. The topological polar surface area (TPSA) is 17.8 Å². The Morgan fingerprint density at radius 2 is 2.07 bits per heavy atom. The Bertz CT molecular complexity index is 402. The van der Waals surface area contributed by atoms with Crippen molar-refractivity contribution in [2.24, 2.45) is 7.05 Å². The number of pyridine rings is 1. The van der Waals surface area contributed by atoms with Gasteiger partial charge in [0.25, 0.3) is 0 Å². The molecule has 0 aliphatic rings. The summed E-state index contributed by atoms with van der Waals surface area (Å²) in [6, 6.07) is 4.11. The van der Waals surface area contributed by atoms with Gasteiger partial charge in [0, 0.05) is 24.8 Å². The fraction of sp³-hybridized carbons (Fsp3) is 0.417. The molecule has 2 rings (SSSR count). The minimum Gasteiger partial charge on any atom is -0.335 e. The first-order chi connectivity index (χ1) is 6.83. The third kappa shape index (κ3) is 1.79. The molecule has 76 valence electrons. The lowest BCUT2D eigenvalue weighted by Gasteiger charge is -1.92. The zero-order valence-electron chi connectivity index (χ0n) is 9.41. The average Bonchev–Trinajstić information content (AvgIpc) is 2.59. The highest BCUT2D eigenvalue weighted by molar-refractivity contribution is 5.80. The SMILES string of the molecule is CC.CCc1cn(C)c2ncccc12. The second-order valence-electron chi connectivity index (χ2n) is 2.99. The van der Waals surface area contributed by atoms with E-state index in [2.05, 4.69) is 28.7 Å². The quantitative estimate of drug-likeness (QED) is 0.675.